The molecule has 74 valence electrons. The summed E-state index contributed by atoms with van der Waals surface area (Å²) in [6.07, 6.45) is 5.08. The highest BCUT2D eigenvalue weighted by atomic mass is 32.2. The molecule has 2 nitrogen and oxygen atoms in total. The normalized spacial score (nSPS) is 9.50. The van der Waals surface area contributed by atoms with Crippen LogP contribution in [-0.2, 0) is 6.42 Å². The van der Waals surface area contributed by atoms with Crippen molar-refractivity contribution in [1.29, 1.82) is 5.26 Å². The van der Waals surface area contributed by atoms with Crippen molar-refractivity contribution in [3.05, 3.63) is 29.8 Å². The number of nitriles is 1. The Morgan fingerprint density at radius 2 is 2.00 bits per heavy atom. The third-order valence-electron chi connectivity index (χ3n) is 2.07. The van der Waals surface area contributed by atoms with Crippen LogP contribution >= 0.6 is 11.8 Å². The summed E-state index contributed by atoms with van der Waals surface area (Å²) in [6, 6.07) is 8.48. The van der Waals surface area contributed by atoms with E-state index >= 15 is 0 Å². The number of nitrogens with zero attached hydrogens (tertiary/aromatic N) is 2. The highest BCUT2D eigenvalue weighted by Gasteiger charge is 1.96. The molecule has 0 atom stereocenters. The van der Waals surface area contributed by atoms with Crippen molar-refractivity contribution in [3.8, 4) is 6.19 Å². The van der Waals surface area contributed by atoms with Gasteiger partial charge in [0, 0.05) is 18.5 Å². The molecule has 0 radical (unpaired) electrons. The quantitative estimate of drug-likeness (QED) is 0.430. The van der Waals surface area contributed by atoms with Gasteiger partial charge in [-0.3, -0.25) is 0 Å². The fourth-order valence-corrected chi connectivity index (χ4v) is 1.55. The second-order valence-electron chi connectivity index (χ2n) is 3.12. The zero-order chi connectivity index (χ0) is 10.4. The van der Waals surface area contributed by atoms with Crippen LogP contribution in [0.4, 0.5) is 0 Å². The first kappa shape index (κ1) is 10.9. The minimum absolute atomic E-state index is 0.787. The maximum absolute atomic E-state index is 8.57. The molecule has 1 aromatic rings. The monoisotopic (exact) mass is 206 g/mol. The number of hydrogen-bond donors (Lipinski definition) is 0. The summed E-state index contributed by atoms with van der Waals surface area (Å²) in [5.41, 5.74) is 1.28. The van der Waals surface area contributed by atoms with Gasteiger partial charge in [-0.1, -0.05) is 12.1 Å². The van der Waals surface area contributed by atoms with E-state index in [2.05, 4.69) is 36.7 Å². The van der Waals surface area contributed by atoms with Gasteiger partial charge in [0.1, 0.15) is 0 Å². The molecule has 3 heteroatoms. The van der Waals surface area contributed by atoms with Crippen molar-refractivity contribution in [1.82, 2.24) is 4.90 Å². The molecule has 0 fully saturated rings. The van der Waals surface area contributed by atoms with Crippen molar-refractivity contribution < 1.29 is 0 Å². The zero-order valence-electron chi connectivity index (χ0n) is 8.53. The molecule has 0 aliphatic rings. The predicted octanol–water partition coefficient (Wildman–Crippen LogP) is 2.36. The van der Waals surface area contributed by atoms with Crippen LogP contribution in [0.2, 0.25) is 0 Å². The molecule has 0 saturated carbocycles. The summed E-state index contributed by atoms with van der Waals surface area (Å²) < 4.78 is 0. The largest absolute Gasteiger partial charge is 0.313 e. The lowest BCUT2D eigenvalue weighted by Crippen LogP contribution is -2.14. The van der Waals surface area contributed by atoms with Crippen LogP contribution in [0.15, 0.2) is 29.2 Å². The van der Waals surface area contributed by atoms with Gasteiger partial charge in [0.25, 0.3) is 0 Å². The maximum Gasteiger partial charge on any atom is 0.179 e. The molecule has 1 aromatic carbocycles. The smallest absolute Gasteiger partial charge is 0.179 e. The molecule has 14 heavy (non-hydrogen) atoms. The molecule has 0 heterocycles. The molecule has 0 aliphatic carbocycles. The molecule has 0 spiro atoms. The Labute approximate surface area is 89.5 Å². The topological polar surface area (TPSA) is 27.0 Å². The Balaban J connectivity index is 2.48. The lowest BCUT2D eigenvalue weighted by atomic mass is 10.1. The lowest BCUT2D eigenvalue weighted by Gasteiger charge is -2.08. The van der Waals surface area contributed by atoms with E-state index < -0.39 is 0 Å². The van der Waals surface area contributed by atoms with E-state index in [0.29, 0.717) is 0 Å². The SMILES string of the molecule is CSc1ccc(CCN(C)C#N)cc1. The third kappa shape index (κ3) is 3.31. The molecule has 0 amide bonds. The Morgan fingerprint density at radius 3 is 2.50 bits per heavy atom. The van der Waals surface area contributed by atoms with E-state index in [1.54, 1.807) is 23.7 Å². The Bertz CT molecular complexity index is 313. The van der Waals surface area contributed by atoms with Gasteiger partial charge >= 0.3 is 0 Å². The van der Waals surface area contributed by atoms with Crippen molar-refractivity contribution in [2.45, 2.75) is 11.3 Å². The van der Waals surface area contributed by atoms with Gasteiger partial charge in [-0.05, 0) is 30.4 Å². The van der Waals surface area contributed by atoms with Crippen molar-refractivity contribution in [3.63, 3.8) is 0 Å². The summed E-state index contributed by atoms with van der Waals surface area (Å²) in [4.78, 5) is 2.92. The summed E-state index contributed by atoms with van der Waals surface area (Å²) in [6.45, 7) is 0.787. The first-order valence-electron chi connectivity index (χ1n) is 4.50. The first-order valence-corrected chi connectivity index (χ1v) is 5.72. The van der Waals surface area contributed by atoms with Crippen molar-refractivity contribution >= 4 is 11.8 Å². The predicted molar refractivity (Wildman–Crippen MR) is 60.2 cm³/mol. The minimum Gasteiger partial charge on any atom is -0.313 e. The highest BCUT2D eigenvalue weighted by Crippen LogP contribution is 2.14. The van der Waals surface area contributed by atoms with Crippen molar-refractivity contribution in [2.75, 3.05) is 19.8 Å². The maximum atomic E-state index is 8.57. The molecule has 0 aliphatic heterocycles. The second kappa shape index (κ2) is 5.56. The number of benzene rings is 1. The summed E-state index contributed by atoms with van der Waals surface area (Å²) in [7, 11) is 1.80. The van der Waals surface area contributed by atoms with Gasteiger partial charge in [0.2, 0.25) is 0 Å². The highest BCUT2D eigenvalue weighted by molar-refractivity contribution is 7.98. The third-order valence-corrected chi connectivity index (χ3v) is 2.81. The molecule has 0 bridgehead atoms. The molecule has 0 aromatic heterocycles. The molecular formula is C11H14N2S. The molecule has 1 rings (SSSR count). The van der Waals surface area contributed by atoms with Crippen LogP contribution in [0.3, 0.4) is 0 Å². The summed E-state index contributed by atoms with van der Waals surface area (Å²) in [5.74, 6) is 0. The van der Waals surface area contributed by atoms with Gasteiger partial charge in [0.15, 0.2) is 6.19 Å². The van der Waals surface area contributed by atoms with Gasteiger partial charge in [-0.15, -0.1) is 11.8 Å². The number of likely N-dealkylation sites (N-methyl/N-ethyl adjacent to an activating group) is 1. The summed E-state index contributed by atoms with van der Waals surface area (Å²) in [5, 5.41) is 8.57. The van der Waals surface area contributed by atoms with E-state index in [4.69, 9.17) is 5.26 Å². The van der Waals surface area contributed by atoms with E-state index in [1.807, 2.05) is 0 Å². The van der Waals surface area contributed by atoms with E-state index in [0.717, 1.165) is 13.0 Å². The standard InChI is InChI=1S/C11H14N2S/c1-13(9-12)8-7-10-3-5-11(14-2)6-4-10/h3-6H,7-8H2,1-2H3. The van der Waals surface area contributed by atoms with Crippen LogP contribution in [0.1, 0.15) is 5.56 Å². The summed E-state index contributed by atoms with van der Waals surface area (Å²) >= 11 is 1.74. The van der Waals surface area contributed by atoms with Gasteiger partial charge < -0.3 is 4.90 Å². The van der Waals surface area contributed by atoms with E-state index in [9.17, 15) is 0 Å². The van der Waals surface area contributed by atoms with E-state index in [-0.39, 0.29) is 0 Å². The second-order valence-corrected chi connectivity index (χ2v) is 4.00. The number of hydrogen-bond acceptors (Lipinski definition) is 3. The van der Waals surface area contributed by atoms with Crippen molar-refractivity contribution in [2.24, 2.45) is 0 Å². The molecule has 0 saturated heterocycles. The van der Waals surface area contributed by atoms with Crippen LogP contribution in [0.25, 0.3) is 0 Å². The molecular weight excluding hydrogens is 192 g/mol. The van der Waals surface area contributed by atoms with Crippen LogP contribution in [0, 0.1) is 11.5 Å². The molecule has 0 unspecified atom stereocenters. The molecule has 0 N–H and O–H groups in total. The van der Waals surface area contributed by atoms with Gasteiger partial charge in [-0.25, -0.2) is 0 Å². The number of rotatable bonds is 4. The van der Waals surface area contributed by atoms with Gasteiger partial charge in [-0.2, -0.15) is 5.26 Å². The minimum atomic E-state index is 0.787. The Kier molecular flexibility index (Phi) is 4.34. The zero-order valence-corrected chi connectivity index (χ0v) is 9.34. The number of thioether (sulfide) groups is 1. The van der Waals surface area contributed by atoms with E-state index in [1.165, 1.54) is 10.5 Å². The Morgan fingerprint density at radius 1 is 1.36 bits per heavy atom. The average molecular weight is 206 g/mol. The first-order chi connectivity index (χ1) is 6.76. The lowest BCUT2D eigenvalue weighted by molar-refractivity contribution is 0.478. The van der Waals surface area contributed by atoms with Crippen LogP contribution in [-0.4, -0.2) is 24.7 Å². The van der Waals surface area contributed by atoms with Crippen LogP contribution in [0.5, 0.6) is 0 Å². The fraction of sp³-hybridized carbons (Fsp3) is 0.364. The fourth-order valence-electron chi connectivity index (χ4n) is 1.14. The van der Waals surface area contributed by atoms with Crippen LogP contribution < -0.4 is 0 Å². The average Bonchev–Trinajstić information content (AvgIpc) is 2.26. The van der Waals surface area contributed by atoms with Gasteiger partial charge in [0.05, 0.1) is 0 Å². The Hall–Kier alpha value is -1.14.